The number of alkyl carbamates (subject to hydrolysis) is 1. The number of amides is 1. The van der Waals surface area contributed by atoms with Crippen LogP contribution in [0, 0.1) is 0 Å². The van der Waals surface area contributed by atoms with Gasteiger partial charge in [0.1, 0.15) is 6.61 Å². The van der Waals surface area contributed by atoms with Crippen molar-refractivity contribution in [3.05, 3.63) is 59.7 Å². The number of fused-ring (bicyclic) bond motifs is 3. The molecule has 1 amide bonds. The van der Waals surface area contributed by atoms with Gasteiger partial charge < -0.3 is 9.47 Å². The number of benzene rings is 2. The molecule has 0 heterocycles. The number of carbonyl (C=O) groups excluding carboxylic acids is 2. The third-order valence-corrected chi connectivity index (χ3v) is 5.11. The number of hydrogen-bond acceptors (Lipinski definition) is 4. The van der Waals surface area contributed by atoms with Gasteiger partial charge in [-0.2, -0.15) is 0 Å². The van der Waals surface area contributed by atoms with Crippen molar-refractivity contribution >= 4 is 12.6 Å². The number of nitrogens with one attached hydrogen (secondary N) is 1. The third kappa shape index (κ3) is 2.76. The van der Waals surface area contributed by atoms with Crippen molar-refractivity contribution in [3.63, 3.8) is 0 Å². The molecular formula is C20H19NO4. The molecule has 0 spiro atoms. The van der Waals surface area contributed by atoms with E-state index >= 15 is 0 Å². The molecule has 0 aromatic heterocycles. The lowest BCUT2D eigenvalue weighted by atomic mass is 9.88. The lowest BCUT2D eigenvalue weighted by Crippen LogP contribution is -2.55. The molecule has 0 unspecified atom stereocenters. The summed E-state index contributed by atoms with van der Waals surface area (Å²) in [6.45, 7) is 0.625. The predicted octanol–water partition coefficient (Wildman–Crippen LogP) is 3.58. The third-order valence-electron chi connectivity index (χ3n) is 5.11. The second kappa shape index (κ2) is 6.24. The summed E-state index contributed by atoms with van der Waals surface area (Å²) in [7, 11) is 0. The van der Waals surface area contributed by atoms with Gasteiger partial charge in [0.15, 0.2) is 5.72 Å². The molecule has 1 N–H and O–H groups in total. The maximum Gasteiger partial charge on any atom is 0.410 e. The highest BCUT2D eigenvalue weighted by molar-refractivity contribution is 5.79. The minimum absolute atomic E-state index is 0.0162. The van der Waals surface area contributed by atoms with Crippen LogP contribution in [0.2, 0.25) is 0 Å². The van der Waals surface area contributed by atoms with Crippen molar-refractivity contribution in [1.82, 2.24) is 5.32 Å². The Kier molecular flexibility index (Phi) is 3.92. The highest BCUT2D eigenvalue weighted by Gasteiger charge is 2.41. The molecule has 1 saturated carbocycles. The quantitative estimate of drug-likeness (QED) is 0.669. The lowest BCUT2D eigenvalue weighted by Gasteiger charge is -2.39. The van der Waals surface area contributed by atoms with Crippen LogP contribution in [0.15, 0.2) is 48.5 Å². The molecule has 0 radical (unpaired) electrons. The largest absolute Gasteiger partial charge is 0.448 e. The summed E-state index contributed by atoms with van der Waals surface area (Å²) >= 11 is 0. The van der Waals surface area contributed by atoms with Gasteiger partial charge in [-0.05, 0) is 28.7 Å². The van der Waals surface area contributed by atoms with Crippen molar-refractivity contribution < 1.29 is 19.1 Å². The Morgan fingerprint density at radius 1 is 1.08 bits per heavy atom. The molecule has 5 nitrogen and oxygen atoms in total. The number of rotatable bonds is 5. The molecule has 0 atom stereocenters. The Morgan fingerprint density at radius 3 is 2.20 bits per heavy atom. The first-order valence-electron chi connectivity index (χ1n) is 8.47. The molecule has 0 bridgehead atoms. The van der Waals surface area contributed by atoms with Gasteiger partial charge in [-0.25, -0.2) is 4.79 Å². The summed E-state index contributed by atoms with van der Waals surface area (Å²) < 4.78 is 10.5. The van der Waals surface area contributed by atoms with E-state index in [1.54, 1.807) is 0 Å². The summed E-state index contributed by atoms with van der Waals surface area (Å²) in [4.78, 5) is 22.8. The van der Waals surface area contributed by atoms with Gasteiger partial charge in [0.05, 0.1) is 0 Å². The average Bonchev–Trinajstić information content (AvgIpc) is 2.92. The molecule has 25 heavy (non-hydrogen) atoms. The summed E-state index contributed by atoms with van der Waals surface area (Å²) in [6, 6.07) is 16.4. The molecule has 4 rings (SSSR count). The van der Waals surface area contributed by atoms with E-state index in [0.717, 1.165) is 6.42 Å². The number of carbonyl (C=O) groups is 2. The zero-order valence-corrected chi connectivity index (χ0v) is 13.7. The van der Waals surface area contributed by atoms with E-state index in [9.17, 15) is 9.59 Å². The average molecular weight is 337 g/mol. The molecule has 0 aliphatic heterocycles. The van der Waals surface area contributed by atoms with Crippen LogP contribution in [0.5, 0.6) is 0 Å². The Bertz CT molecular complexity index is 767. The fourth-order valence-corrected chi connectivity index (χ4v) is 3.68. The van der Waals surface area contributed by atoms with Crippen LogP contribution in [0.25, 0.3) is 11.1 Å². The van der Waals surface area contributed by atoms with Crippen LogP contribution < -0.4 is 5.32 Å². The predicted molar refractivity (Wildman–Crippen MR) is 91.9 cm³/mol. The van der Waals surface area contributed by atoms with Crippen LogP contribution in [0.3, 0.4) is 0 Å². The maximum atomic E-state index is 12.2. The van der Waals surface area contributed by atoms with E-state index in [4.69, 9.17) is 9.47 Å². The van der Waals surface area contributed by atoms with Crippen molar-refractivity contribution in [3.8, 4) is 11.1 Å². The lowest BCUT2D eigenvalue weighted by molar-refractivity contribution is -0.157. The first-order valence-corrected chi connectivity index (χ1v) is 8.47. The van der Waals surface area contributed by atoms with Crippen LogP contribution >= 0.6 is 0 Å². The van der Waals surface area contributed by atoms with E-state index < -0.39 is 11.8 Å². The molecule has 2 aliphatic rings. The molecule has 0 saturated heterocycles. The minimum atomic E-state index is -0.885. The van der Waals surface area contributed by atoms with Crippen LogP contribution in [0.4, 0.5) is 4.79 Å². The number of ether oxygens (including phenoxy) is 2. The Hall–Kier alpha value is -2.82. The molecule has 128 valence electrons. The van der Waals surface area contributed by atoms with Gasteiger partial charge in [-0.1, -0.05) is 48.5 Å². The minimum Gasteiger partial charge on any atom is -0.448 e. The first kappa shape index (κ1) is 15.7. The fraction of sp³-hybridized carbons (Fsp3) is 0.300. The summed E-state index contributed by atoms with van der Waals surface area (Å²) in [6.07, 6.45) is 1.60. The molecule has 2 aromatic carbocycles. The van der Waals surface area contributed by atoms with E-state index in [1.807, 2.05) is 24.3 Å². The van der Waals surface area contributed by atoms with Crippen molar-refractivity contribution in [2.24, 2.45) is 0 Å². The van der Waals surface area contributed by atoms with E-state index in [1.165, 1.54) is 22.3 Å². The van der Waals surface area contributed by atoms with Crippen molar-refractivity contribution in [1.29, 1.82) is 0 Å². The van der Waals surface area contributed by atoms with Crippen molar-refractivity contribution in [2.45, 2.75) is 30.9 Å². The van der Waals surface area contributed by atoms with Crippen molar-refractivity contribution in [2.75, 3.05) is 6.61 Å². The summed E-state index contributed by atoms with van der Waals surface area (Å²) in [5.41, 5.74) is 3.82. The zero-order chi connectivity index (χ0) is 17.3. The van der Waals surface area contributed by atoms with Gasteiger partial charge >= 0.3 is 6.09 Å². The first-order chi connectivity index (χ1) is 12.2. The standard InChI is InChI=1S/C20H19NO4/c22-13-25-20(10-5-11-20)21-19(23)24-12-18-16-8-3-1-6-14(16)15-7-2-4-9-17(15)18/h1-4,6-9,13,18H,5,10-12H2,(H,21,23). The maximum absolute atomic E-state index is 12.2. The second-order valence-corrected chi connectivity index (χ2v) is 6.51. The molecule has 2 aromatic rings. The van der Waals surface area contributed by atoms with Gasteiger partial charge in [0.25, 0.3) is 6.47 Å². The normalized spacial score (nSPS) is 17.0. The topological polar surface area (TPSA) is 64.6 Å². The highest BCUT2D eigenvalue weighted by atomic mass is 16.6. The SMILES string of the molecule is O=COC1(NC(=O)OCC2c3ccccc3-c3ccccc32)CCC1. The zero-order valence-electron chi connectivity index (χ0n) is 13.7. The highest BCUT2D eigenvalue weighted by Crippen LogP contribution is 2.44. The van der Waals surface area contributed by atoms with E-state index in [0.29, 0.717) is 19.3 Å². The summed E-state index contributed by atoms with van der Waals surface area (Å²) in [5.74, 6) is 0.0162. The smallest absolute Gasteiger partial charge is 0.410 e. The monoisotopic (exact) mass is 337 g/mol. The second-order valence-electron chi connectivity index (χ2n) is 6.51. The number of hydrogen-bond donors (Lipinski definition) is 1. The van der Waals surface area contributed by atoms with Crippen LogP contribution in [-0.4, -0.2) is 24.9 Å². The van der Waals surface area contributed by atoms with E-state index in [2.05, 4.69) is 29.6 Å². The van der Waals surface area contributed by atoms with Gasteiger partial charge in [-0.15, -0.1) is 0 Å². The summed E-state index contributed by atoms with van der Waals surface area (Å²) in [5, 5.41) is 2.69. The molecule has 2 aliphatic carbocycles. The van der Waals surface area contributed by atoms with Gasteiger partial charge in [0, 0.05) is 18.8 Å². The van der Waals surface area contributed by atoms with Crippen LogP contribution in [-0.2, 0) is 14.3 Å². The molecule has 1 fully saturated rings. The Balaban J connectivity index is 1.48. The van der Waals surface area contributed by atoms with E-state index in [-0.39, 0.29) is 12.5 Å². The molecule has 5 heteroatoms. The van der Waals surface area contributed by atoms with Gasteiger partial charge in [-0.3, -0.25) is 10.1 Å². The van der Waals surface area contributed by atoms with Gasteiger partial charge in [0.2, 0.25) is 0 Å². The Morgan fingerprint density at radius 2 is 1.68 bits per heavy atom. The van der Waals surface area contributed by atoms with Crippen LogP contribution in [0.1, 0.15) is 36.3 Å². The Labute approximate surface area is 145 Å². The molecular weight excluding hydrogens is 318 g/mol. The fourth-order valence-electron chi connectivity index (χ4n) is 3.68.